The number of esters is 1. The van der Waals surface area contributed by atoms with Gasteiger partial charge in [-0.05, 0) is 37.6 Å². The molecule has 0 aromatic heterocycles. The SMILES string of the molecule is Cc1ccccc1NC(=O)[C@H](C)OC(=O)c1ccccc1Cl. The largest absolute Gasteiger partial charge is 0.449 e. The molecule has 0 bridgehead atoms. The van der Waals surface area contributed by atoms with Gasteiger partial charge in [-0.2, -0.15) is 0 Å². The Morgan fingerprint density at radius 1 is 1.09 bits per heavy atom. The van der Waals surface area contributed by atoms with Gasteiger partial charge in [0.1, 0.15) is 0 Å². The number of anilines is 1. The monoisotopic (exact) mass is 317 g/mol. The maximum Gasteiger partial charge on any atom is 0.340 e. The molecule has 2 rings (SSSR count). The number of hydrogen-bond acceptors (Lipinski definition) is 3. The molecule has 22 heavy (non-hydrogen) atoms. The highest BCUT2D eigenvalue weighted by Crippen LogP contribution is 2.17. The van der Waals surface area contributed by atoms with Crippen LogP contribution < -0.4 is 5.32 Å². The summed E-state index contributed by atoms with van der Waals surface area (Å²) in [6.45, 7) is 3.40. The van der Waals surface area contributed by atoms with E-state index >= 15 is 0 Å². The minimum absolute atomic E-state index is 0.236. The molecule has 0 saturated heterocycles. The summed E-state index contributed by atoms with van der Waals surface area (Å²) in [6, 6.07) is 13.9. The number of carbonyl (C=O) groups is 2. The van der Waals surface area contributed by atoms with Gasteiger partial charge in [0.2, 0.25) is 0 Å². The van der Waals surface area contributed by atoms with E-state index in [0.717, 1.165) is 5.56 Å². The van der Waals surface area contributed by atoms with Crippen LogP contribution in [0.15, 0.2) is 48.5 Å². The average Bonchev–Trinajstić information content (AvgIpc) is 2.49. The van der Waals surface area contributed by atoms with Crippen molar-refractivity contribution >= 4 is 29.2 Å². The Morgan fingerprint density at radius 3 is 2.41 bits per heavy atom. The van der Waals surface area contributed by atoms with Gasteiger partial charge < -0.3 is 10.1 Å². The van der Waals surface area contributed by atoms with E-state index in [0.29, 0.717) is 10.7 Å². The number of hydrogen-bond donors (Lipinski definition) is 1. The predicted molar refractivity (Wildman–Crippen MR) is 86.1 cm³/mol. The van der Waals surface area contributed by atoms with E-state index in [-0.39, 0.29) is 5.56 Å². The zero-order valence-electron chi connectivity index (χ0n) is 12.3. The van der Waals surface area contributed by atoms with Gasteiger partial charge in [0.25, 0.3) is 5.91 Å². The molecule has 0 spiro atoms. The Kier molecular flexibility index (Phi) is 5.17. The fraction of sp³-hybridized carbons (Fsp3) is 0.176. The number of aryl methyl sites for hydroxylation is 1. The van der Waals surface area contributed by atoms with Crippen LogP contribution in [0.4, 0.5) is 5.69 Å². The lowest BCUT2D eigenvalue weighted by Gasteiger charge is -2.15. The molecule has 2 aromatic carbocycles. The van der Waals surface area contributed by atoms with Crippen molar-refractivity contribution in [2.24, 2.45) is 0 Å². The fourth-order valence-electron chi connectivity index (χ4n) is 1.85. The lowest BCUT2D eigenvalue weighted by molar-refractivity contribution is -0.123. The highest BCUT2D eigenvalue weighted by atomic mass is 35.5. The van der Waals surface area contributed by atoms with E-state index in [9.17, 15) is 9.59 Å². The summed E-state index contributed by atoms with van der Waals surface area (Å²) in [5, 5.41) is 3.02. The van der Waals surface area contributed by atoms with E-state index in [1.165, 1.54) is 6.92 Å². The third-order valence-corrected chi connectivity index (χ3v) is 3.48. The first kappa shape index (κ1) is 16.0. The molecular formula is C17H16ClNO3. The third-order valence-electron chi connectivity index (χ3n) is 3.15. The highest BCUT2D eigenvalue weighted by molar-refractivity contribution is 6.33. The second-order valence-electron chi connectivity index (χ2n) is 4.83. The van der Waals surface area contributed by atoms with Crippen LogP contribution in [0.3, 0.4) is 0 Å². The Hall–Kier alpha value is -2.33. The van der Waals surface area contributed by atoms with Gasteiger partial charge in [0.15, 0.2) is 6.10 Å². The molecule has 0 aliphatic heterocycles. The minimum Gasteiger partial charge on any atom is -0.449 e. The van der Waals surface area contributed by atoms with Crippen LogP contribution in [-0.4, -0.2) is 18.0 Å². The molecule has 114 valence electrons. The van der Waals surface area contributed by atoms with Crippen LogP contribution in [0.5, 0.6) is 0 Å². The van der Waals surface area contributed by atoms with Crippen LogP contribution in [-0.2, 0) is 9.53 Å². The molecule has 1 amide bonds. The van der Waals surface area contributed by atoms with Gasteiger partial charge in [-0.1, -0.05) is 41.9 Å². The zero-order valence-corrected chi connectivity index (χ0v) is 13.1. The normalized spacial score (nSPS) is 11.6. The molecule has 0 aliphatic rings. The van der Waals surface area contributed by atoms with Gasteiger partial charge in [-0.3, -0.25) is 4.79 Å². The first-order valence-corrected chi connectivity index (χ1v) is 7.19. The molecule has 0 saturated carbocycles. The summed E-state index contributed by atoms with van der Waals surface area (Å²) in [4.78, 5) is 24.1. The first-order chi connectivity index (χ1) is 10.5. The maximum atomic E-state index is 12.1. The first-order valence-electron chi connectivity index (χ1n) is 6.81. The second kappa shape index (κ2) is 7.09. The highest BCUT2D eigenvalue weighted by Gasteiger charge is 2.20. The minimum atomic E-state index is -0.927. The van der Waals surface area contributed by atoms with Crippen molar-refractivity contribution in [1.29, 1.82) is 0 Å². The molecule has 0 fully saturated rings. The van der Waals surface area contributed by atoms with Crippen molar-refractivity contribution in [3.8, 4) is 0 Å². The van der Waals surface area contributed by atoms with E-state index in [1.807, 2.05) is 25.1 Å². The Labute approximate surface area is 134 Å². The van der Waals surface area contributed by atoms with Gasteiger partial charge in [0, 0.05) is 5.69 Å². The number of benzene rings is 2. The molecule has 0 heterocycles. The number of para-hydroxylation sites is 1. The van der Waals surface area contributed by atoms with Crippen LogP contribution in [0.25, 0.3) is 0 Å². The molecule has 2 aromatic rings. The summed E-state index contributed by atoms with van der Waals surface area (Å²) in [5.74, 6) is -1.02. The second-order valence-corrected chi connectivity index (χ2v) is 5.24. The summed E-state index contributed by atoms with van der Waals surface area (Å²) >= 11 is 5.93. The lowest BCUT2D eigenvalue weighted by atomic mass is 10.2. The van der Waals surface area contributed by atoms with Gasteiger partial charge in [0.05, 0.1) is 10.6 Å². The van der Waals surface area contributed by atoms with E-state index in [1.54, 1.807) is 30.3 Å². The molecule has 5 heteroatoms. The van der Waals surface area contributed by atoms with E-state index in [4.69, 9.17) is 16.3 Å². The smallest absolute Gasteiger partial charge is 0.340 e. The van der Waals surface area contributed by atoms with Crippen LogP contribution in [0.1, 0.15) is 22.8 Å². The van der Waals surface area contributed by atoms with Crippen LogP contribution in [0.2, 0.25) is 5.02 Å². The number of nitrogens with one attached hydrogen (secondary N) is 1. The zero-order chi connectivity index (χ0) is 16.1. The predicted octanol–water partition coefficient (Wildman–Crippen LogP) is 3.83. The summed E-state index contributed by atoms with van der Waals surface area (Å²) in [7, 11) is 0. The summed E-state index contributed by atoms with van der Waals surface area (Å²) in [5.41, 5.74) is 1.85. The number of amides is 1. The van der Waals surface area contributed by atoms with Crippen LogP contribution in [0, 0.1) is 6.92 Å². The Morgan fingerprint density at radius 2 is 1.73 bits per heavy atom. The van der Waals surface area contributed by atoms with Crippen molar-refractivity contribution in [3.05, 3.63) is 64.7 Å². The molecular weight excluding hydrogens is 302 g/mol. The summed E-state index contributed by atoms with van der Waals surface area (Å²) in [6.07, 6.45) is -0.927. The van der Waals surface area contributed by atoms with Gasteiger partial charge >= 0.3 is 5.97 Å². The van der Waals surface area contributed by atoms with Crippen molar-refractivity contribution in [2.75, 3.05) is 5.32 Å². The Balaban J connectivity index is 2.01. The maximum absolute atomic E-state index is 12.1. The molecule has 0 radical (unpaired) electrons. The molecule has 4 nitrogen and oxygen atoms in total. The number of halogens is 1. The van der Waals surface area contributed by atoms with Crippen molar-refractivity contribution in [2.45, 2.75) is 20.0 Å². The topological polar surface area (TPSA) is 55.4 Å². The van der Waals surface area contributed by atoms with Crippen LogP contribution >= 0.6 is 11.6 Å². The number of ether oxygens (including phenoxy) is 1. The number of rotatable bonds is 4. The van der Waals surface area contributed by atoms with Crippen molar-refractivity contribution in [3.63, 3.8) is 0 Å². The Bertz CT molecular complexity index is 700. The van der Waals surface area contributed by atoms with Crippen molar-refractivity contribution < 1.29 is 14.3 Å². The summed E-state index contributed by atoms with van der Waals surface area (Å²) < 4.78 is 5.16. The standard InChI is InChI=1S/C17H16ClNO3/c1-11-7-3-6-10-15(11)19-16(20)12(2)22-17(21)13-8-4-5-9-14(13)18/h3-10,12H,1-2H3,(H,19,20)/t12-/m0/s1. The molecule has 1 N–H and O–H groups in total. The van der Waals surface area contributed by atoms with E-state index in [2.05, 4.69) is 5.32 Å². The quantitative estimate of drug-likeness (QED) is 0.872. The fourth-order valence-corrected chi connectivity index (χ4v) is 2.06. The molecule has 0 unspecified atom stereocenters. The molecule has 1 atom stereocenters. The lowest BCUT2D eigenvalue weighted by Crippen LogP contribution is -2.30. The molecule has 0 aliphatic carbocycles. The number of carbonyl (C=O) groups excluding carboxylic acids is 2. The van der Waals surface area contributed by atoms with Gasteiger partial charge in [-0.25, -0.2) is 4.79 Å². The van der Waals surface area contributed by atoms with Crippen molar-refractivity contribution in [1.82, 2.24) is 0 Å². The third kappa shape index (κ3) is 3.86. The van der Waals surface area contributed by atoms with Gasteiger partial charge in [-0.15, -0.1) is 0 Å². The average molecular weight is 318 g/mol. The van der Waals surface area contributed by atoms with E-state index < -0.39 is 18.0 Å².